The zero-order chi connectivity index (χ0) is 20.3. The van der Waals surface area contributed by atoms with Crippen LogP contribution in [0.2, 0.25) is 0 Å². The van der Waals surface area contributed by atoms with Gasteiger partial charge in [-0.15, -0.1) is 15.7 Å². The van der Waals surface area contributed by atoms with Gasteiger partial charge in [0.1, 0.15) is 0 Å². The van der Waals surface area contributed by atoms with E-state index in [1.807, 2.05) is 0 Å². The number of nitrogens with two attached hydrogens (primary N) is 1. The molecule has 150 valence electrons. The molecule has 8 heteroatoms. The van der Waals surface area contributed by atoms with Crippen LogP contribution in [0.5, 0.6) is 0 Å². The second-order valence-electron chi connectivity index (χ2n) is 8.00. The predicted octanol–water partition coefficient (Wildman–Crippen LogP) is 3.63. The first-order valence-electron chi connectivity index (χ1n) is 9.36. The summed E-state index contributed by atoms with van der Waals surface area (Å²) in [6, 6.07) is 3.29. The number of thiophene rings is 1. The molecule has 1 unspecified atom stereocenters. The smallest absolute Gasteiger partial charge is 0.286 e. The van der Waals surface area contributed by atoms with E-state index < -0.39 is 27.2 Å². The van der Waals surface area contributed by atoms with Crippen molar-refractivity contribution in [2.24, 2.45) is 9.50 Å². The lowest BCUT2D eigenvalue weighted by atomic mass is 9.94. The molecule has 0 spiro atoms. The fourth-order valence-corrected chi connectivity index (χ4v) is 6.52. The lowest BCUT2D eigenvalue weighted by molar-refractivity contribution is 0.0823. The van der Waals surface area contributed by atoms with Gasteiger partial charge in [0.25, 0.3) is 5.91 Å². The molecule has 1 amide bonds. The van der Waals surface area contributed by atoms with Crippen molar-refractivity contribution in [2.75, 3.05) is 0 Å². The van der Waals surface area contributed by atoms with Crippen molar-refractivity contribution < 1.29 is 18.5 Å². The average molecular weight is 423 g/mol. The van der Waals surface area contributed by atoms with Crippen molar-refractivity contribution in [3.63, 3.8) is 0 Å². The Balaban J connectivity index is 1.82. The Bertz CT molecular complexity index is 1070. The fraction of sp³-hybridized carbons (Fsp3) is 0.450. The van der Waals surface area contributed by atoms with E-state index in [0.717, 1.165) is 78.2 Å². The Morgan fingerprint density at radius 1 is 1.18 bits per heavy atom. The van der Waals surface area contributed by atoms with Crippen molar-refractivity contribution in [3.05, 3.63) is 50.6 Å². The SMILES string of the molecule is CC(C)(O)c1cc(F)c(S(N)(=O)=NC(=O)c2c3c(cc4c2CCC4)CCC3)s1. The van der Waals surface area contributed by atoms with E-state index in [2.05, 4.69) is 10.4 Å². The Kier molecular flexibility index (Phi) is 4.73. The zero-order valence-electron chi connectivity index (χ0n) is 15.9. The van der Waals surface area contributed by atoms with E-state index in [1.165, 1.54) is 13.8 Å². The number of aryl methyl sites for hydroxylation is 2. The van der Waals surface area contributed by atoms with Crippen LogP contribution in [0.15, 0.2) is 20.7 Å². The second-order valence-corrected chi connectivity index (χ2v) is 11.0. The van der Waals surface area contributed by atoms with Crippen molar-refractivity contribution in [1.82, 2.24) is 0 Å². The molecule has 0 saturated heterocycles. The molecule has 0 bridgehead atoms. The largest absolute Gasteiger partial charge is 0.385 e. The molecule has 2 aliphatic rings. The van der Waals surface area contributed by atoms with Crippen LogP contribution in [0.4, 0.5) is 4.39 Å². The molecule has 3 N–H and O–H groups in total. The molecule has 0 radical (unpaired) electrons. The Labute approximate surface area is 168 Å². The predicted molar refractivity (Wildman–Crippen MR) is 107 cm³/mol. The first-order valence-corrected chi connectivity index (χ1v) is 11.8. The highest BCUT2D eigenvalue weighted by atomic mass is 32.2. The van der Waals surface area contributed by atoms with Crippen LogP contribution in [-0.2, 0) is 41.2 Å². The van der Waals surface area contributed by atoms with Gasteiger partial charge >= 0.3 is 0 Å². The van der Waals surface area contributed by atoms with E-state index in [-0.39, 0.29) is 9.09 Å². The molecular formula is C20H23FN2O3S2. The molecule has 5 nitrogen and oxygen atoms in total. The summed E-state index contributed by atoms with van der Waals surface area (Å²) in [7, 11) is -3.75. The maximum atomic E-state index is 14.4. The lowest BCUT2D eigenvalue weighted by Crippen LogP contribution is -2.17. The van der Waals surface area contributed by atoms with Gasteiger partial charge in [0.05, 0.1) is 5.60 Å². The molecule has 0 fully saturated rings. The fourth-order valence-electron chi connectivity index (χ4n) is 4.14. The van der Waals surface area contributed by atoms with Crippen LogP contribution < -0.4 is 5.14 Å². The highest BCUT2D eigenvalue weighted by molar-refractivity contribution is 7.93. The number of rotatable bonds is 3. The molecule has 2 aliphatic carbocycles. The average Bonchev–Trinajstić information content (AvgIpc) is 3.29. The zero-order valence-corrected chi connectivity index (χ0v) is 17.5. The highest BCUT2D eigenvalue weighted by Gasteiger charge is 2.30. The third-order valence-electron chi connectivity index (χ3n) is 5.43. The summed E-state index contributed by atoms with van der Waals surface area (Å²) < 4.78 is 30.9. The maximum absolute atomic E-state index is 14.4. The standard InChI is InChI=1S/C20H23FN2O3S2/c1-20(2,25)16-10-15(21)19(27-16)28(22,26)23-18(24)17-13-7-3-5-11(13)9-12-6-4-8-14(12)17/h9-10,25H,3-8H2,1-2H3,(H2,22,23,24,26). The number of fused-ring (bicyclic) bond motifs is 2. The van der Waals surface area contributed by atoms with Crippen LogP contribution in [0.1, 0.15) is 64.2 Å². The molecule has 1 atom stereocenters. The third kappa shape index (κ3) is 3.32. The summed E-state index contributed by atoms with van der Waals surface area (Å²) in [5, 5.41) is 15.9. The Morgan fingerprint density at radius 2 is 1.75 bits per heavy atom. The second kappa shape index (κ2) is 6.73. The normalized spacial score (nSPS) is 17.9. The number of amides is 1. The monoisotopic (exact) mass is 422 g/mol. The number of hydrogen-bond donors (Lipinski definition) is 2. The van der Waals surface area contributed by atoms with Crippen LogP contribution in [0, 0.1) is 5.82 Å². The van der Waals surface area contributed by atoms with E-state index in [9.17, 15) is 18.5 Å². The Hall–Kier alpha value is -1.61. The summed E-state index contributed by atoms with van der Waals surface area (Å²) in [6.07, 6.45) is 5.39. The number of halogens is 1. The minimum Gasteiger partial charge on any atom is -0.385 e. The van der Waals surface area contributed by atoms with Crippen molar-refractivity contribution in [3.8, 4) is 0 Å². The first-order chi connectivity index (χ1) is 13.1. The topological polar surface area (TPSA) is 92.8 Å². The molecule has 1 aromatic heterocycles. The van der Waals surface area contributed by atoms with Gasteiger partial charge in [-0.05, 0) is 80.7 Å². The Morgan fingerprint density at radius 3 is 2.25 bits per heavy atom. The molecule has 0 saturated carbocycles. The first kappa shape index (κ1) is 19.7. The quantitative estimate of drug-likeness (QED) is 0.791. The van der Waals surface area contributed by atoms with E-state index in [0.29, 0.717) is 5.56 Å². The van der Waals surface area contributed by atoms with Gasteiger partial charge in [0.15, 0.2) is 19.9 Å². The molecule has 2 aromatic rings. The van der Waals surface area contributed by atoms with E-state index in [1.54, 1.807) is 0 Å². The van der Waals surface area contributed by atoms with Gasteiger partial charge in [0, 0.05) is 10.4 Å². The summed E-state index contributed by atoms with van der Waals surface area (Å²) in [5.41, 5.74) is 3.51. The number of carbonyl (C=O) groups is 1. The van der Waals surface area contributed by atoms with Gasteiger partial charge in [-0.1, -0.05) is 6.07 Å². The number of benzene rings is 1. The molecule has 28 heavy (non-hydrogen) atoms. The van der Waals surface area contributed by atoms with Crippen molar-refractivity contribution >= 4 is 27.2 Å². The van der Waals surface area contributed by atoms with Crippen LogP contribution >= 0.6 is 11.3 Å². The van der Waals surface area contributed by atoms with Crippen molar-refractivity contribution in [2.45, 2.75) is 62.2 Å². The van der Waals surface area contributed by atoms with Gasteiger partial charge in [-0.3, -0.25) is 4.79 Å². The maximum Gasteiger partial charge on any atom is 0.286 e. The lowest BCUT2D eigenvalue weighted by Gasteiger charge is -2.14. The van der Waals surface area contributed by atoms with E-state index in [4.69, 9.17) is 5.14 Å². The van der Waals surface area contributed by atoms with Gasteiger partial charge in [0.2, 0.25) is 0 Å². The van der Waals surface area contributed by atoms with Gasteiger partial charge < -0.3 is 5.11 Å². The minimum absolute atomic E-state index is 0.280. The number of aliphatic hydroxyl groups is 1. The third-order valence-corrected chi connectivity index (χ3v) is 8.78. The highest BCUT2D eigenvalue weighted by Crippen LogP contribution is 2.37. The van der Waals surface area contributed by atoms with E-state index >= 15 is 0 Å². The molecule has 0 aliphatic heterocycles. The summed E-state index contributed by atoms with van der Waals surface area (Å²) in [4.78, 5) is 13.4. The molecule has 1 heterocycles. The molecule has 4 rings (SSSR count). The summed E-state index contributed by atoms with van der Waals surface area (Å²) >= 11 is 0.790. The number of nitrogens with zero attached hydrogens (tertiary/aromatic N) is 1. The summed E-state index contributed by atoms with van der Waals surface area (Å²) in [5.74, 6) is -1.43. The number of hydrogen-bond acceptors (Lipinski definition) is 4. The minimum atomic E-state index is -3.75. The molecular weight excluding hydrogens is 399 g/mol. The molecule has 1 aromatic carbocycles. The van der Waals surface area contributed by atoms with Crippen molar-refractivity contribution in [1.29, 1.82) is 0 Å². The van der Waals surface area contributed by atoms with Gasteiger partial charge in [-0.25, -0.2) is 13.7 Å². The van der Waals surface area contributed by atoms with Crippen LogP contribution in [0.3, 0.4) is 0 Å². The van der Waals surface area contributed by atoms with Crippen LogP contribution in [-0.4, -0.2) is 15.2 Å². The number of carbonyl (C=O) groups excluding carboxylic acids is 1. The van der Waals surface area contributed by atoms with Gasteiger partial charge in [-0.2, -0.15) is 0 Å². The van der Waals surface area contributed by atoms with Crippen LogP contribution in [0.25, 0.3) is 0 Å². The summed E-state index contributed by atoms with van der Waals surface area (Å²) in [6.45, 7) is 3.00.